The first-order valence-electron chi connectivity index (χ1n) is 10.9. The van der Waals surface area contributed by atoms with Gasteiger partial charge in [0.25, 0.3) is 0 Å². The van der Waals surface area contributed by atoms with Gasteiger partial charge in [-0.25, -0.2) is 0 Å². The van der Waals surface area contributed by atoms with Gasteiger partial charge >= 0.3 is 5.97 Å². The van der Waals surface area contributed by atoms with Crippen LogP contribution in [0, 0.1) is 23.2 Å². The van der Waals surface area contributed by atoms with E-state index in [0.29, 0.717) is 6.42 Å². The number of benzene rings is 1. The van der Waals surface area contributed by atoms with Crippen molar-refractivity contribution in [2.75, 3.05) is 6.61 Å². The minimum Gasteiger partial charge on any atom is -0.458 e. The van der Waals surface area contributed by atoms with Crippen molar-refractivity contribution >= 4 is 22.7 Å². The molecule has 4 saturated carbocycles. The molecule has 0 spiro atoms. The van der Waals surface area contributed by atoms with Crippen LogP contribution in [0.1, 0.15) is 56.9 Å². The van der Waals surface area contributed by atoms with E-state index >= 15 is 0 Å². The average Bonchev–Trinajstić information content (AvgIpc) is 3.08. The van der Waals surface area contributed by atoms with E-state index < -0.39 is 0 Å². The zero-order chi connectivity index (χ0) is 19.1. The van der Waals surface area contributed by atoms with Gasteiger partial charge in [-0.2, -0.15) is 0 Å². The van der Waals surface area contributed by atoms with E-state index in [4.69, 9.17) is 4.74 Å². The molecule has 0 saturated heterocycles. The van der Waals surface area contributed by atoms with Crippen molar-refractivity contribution in [2.45, 2.75) is 57.8 Å². The van der Waals surface area contributed by atoms with Crippen molar-refractivity contribution in [2.24, 2.45) is 23.2 Å². The van der Waals surface area contributed by atoms with Crippen LogP contribution in [0.3, 0.4) is 0 Å². The normalized spacial score (nSPS) is 30.6. The Balaban J connectivity index is 1.10. The molecule has 4 fully saturated rings. The lowest BCUT2D eigenvalue weighted by molar-refractivity contribution is -0.157. The van der Waals surface area contributed by atoms with Gasteiger partial charge in [0, 0.05) is 28.9 Å². The Kier molecular flexibility index (Phi) is 4.53. The highest BCUT2D eigenvalue weighted by molar-refractivity contribution is 5.88. The van der Waals surface area contributed by atoms with Gasteiger partial charge in [-0.3, -0.25) is 9.59 Å². The fourth-order valence-electron chi connectivity index (χ4n) is 6.59. The quantitative estimate of drug-likeness (QED) is 0.702. The average molecular weight is 380 g/mol. The zero-order valence-corrected chi connectivity index (χ0v) is 16.4. The monoisotopic (exact) mass is 379 g/mol. The molecule has 1 heterocycles. The summed E-state index contributed by atoms with van der Waals surface area (Å²) in [5, 5.41) is 1.22. The molecular formula is C24H29NO3. The second-order valence-corrected chi connectivity index (χ2v) is 9.49. The molecule has 148 valence electrons. The zero-order valence-electron chi connectivity index (χ0n) is 16.4. The second-order valence-electron chi connectivity index (χ2n) is 9.49. The van der Waals surface area contributed by atoms with Gasteiger partial charge < -0.3 is 9.72 Å². The first-order chi connectivity index (χ1) is 13.6. The maximum atomic E-state index is 12.9. The number of Topliss-reactive ketones (excluding diaryl/α,β-unsaturated/α-hetero) is 1. The first kappa shape index (κ1) is 18.0. The molecule has 6 rings (SSSR count). The smallest absolute Gasteiger partial charge is 0.306 e. The number of fused-ring (bicyclic) bond motifs is 1. The van der Waals surface area contributed by atoms with Gasteiger partial charge in [0.05, 0.1) is 0 Å². The van der Waals surface area contributed by atoms with Crippen LogP contribution in [0.4, 0.5) is 0 Å². The number of hydrogen-bond donors (Lipinski definition) is 1. The molecule has 4 heteroatoms. The van der Waals surface area contributed by atoms with Crippen LogP contribution in [0.25, 0.3) is 10.9 Å². The number of H-pyrrole nitrogens is 1. The second kappa shape index (κ2) is 7.06. The van der Waals surface area contributed by atoms with Crippen LogP contribution in [0.2, 0.25) is 0 Å². The van der Waals surface area contributed by atoms with Crippen molar-refractivity contribution in [3.63, 3.8) is 0 Å². The molecule has 28 heavy (non-hydrogen) atoms. The number of esters is 1. The number of ketones is 1. The SMILES string of the molecule is O=C(CCCc1c[nH]c2ccccc12)OCC(=O)C12CC3CC(CC(C3)C1)C2. The molecule has 0 aliphatic heterocycles. The lowest BCUT2D eigenvalue weighted by Crippen LogP contribution is -2.51. The number of para-hydroxylation sites is 1. The molecular weight excluding hydrogens is 350 g/mol. The minimum atomic E-state index is -0.238. The Bertz CT molecular complexity index is 861. The maximum Gasteiger partial charge on any atom is 0.306 e. The number of aromatic nitrogens is 1. The third-order valence-corrected chi connectivity index (χ3v) is 7.50. The van der Waals surface area contributed by atoms with Crippen LogP contribution in [0.5, 0.6) is 0 Å². The van der Waals surface area contributed by atoms with Crippen molar-refractivity contribution in [1.82, 2.24) is 4.98 Å². The molecule has 1 N–H and O–H groups in total. The maximum absolute atomic E-state index is 12.9. The Labute approximate surface area is 166 Å². The van der Waals surface area contributed by atoms with Crippen LogP contribution < -0.4 is 0 Å². The molecule has 0 atom stereocenters. The molecule has 1 aromatic carbocycles. The summed E-state index contributed by atoms with van der Waals surface area (Å²) in [7, 11) is 0. The Morgan fingerprint density at radius 2 is 1.71 bits per heavy atom. The summed E-state index contributed by atoms with van der Waals surface area (Å²) in [5.74, 6) is 2.17. The predicted molar refractivity (Wildman–Crippen MR) is 108 cm³/mol. The summed E-state index contributed by atoms with van der Waals surface area (Å²) in [6, 6.07) is 8.21. The molecule has 4 bridgehead atoms. The van der Waals surface area contributed by atoms with E-state index in [0.717, 1.165) is 55.4 Å². The lowest BCUT2D eigenvalue weighted by atomic mass is 9.48. The van der Waals surface area contributed by atoms with Crippen molar-refractivity contribution in [3.8, 4) is 0 Å². The summed E-state index contributed by atoms with van der Waals surface area (Å²) in [6.45, 7) is -0.0158. The van der Waals surface area contributed by atoms with Crippen LogP contribution in [-0.4, -0.2) is 23.3 Å². The molecule has 1 aromatic heterocycles. The molecule has 2 aromatic rings. The molecule has 4 aliphatic carbocycles. The fraction of sp³-hybridized carbons (Fsp3) is 0.583. The van der Waals surface area contributed by atoms with Gasteiger partial charge in [0.15, 0.2) is 12.4 Å². The Hall–Kier alpha value is -2.10. The molecule has 0 amide bonds. The van der Waals surface area contributed by atoms with E-state index in [1.165, 1.54) is 30.2 Å². The molecule has 4 nitrogen and oxygen atoms in total. The van der Waals surface area contributed by atoms with Crippen molar-refractivity contribution < 1.29 is 14.3 Å². The summed E-state index contributed by atoms with van der Waals surface area (Å²) in [5.41, 5.74) is 2.19. The van der Waals surface area contributed by atoms with Gasteiger partial charge in [-0.15, -0.1) is 0 Å². The van der Waals surface area contributed by atoms with Crippen LogP contribution >= 0.6 is 0 Å². The summed E-state index contributed by atoms with van der Waals surface area (Å²) in [4.78, 5) is 28.4. The van der Waals surface area contributed by atoms with Crippen LogP contribution in [-0.2, 0) is 20.7 Å². The van der Waals surface area contributed by atoms with E-state index in [2.05, 4.69) is 17.1 Å². The van der Waals surface area contributed by atoms with Crippen LogP contribution in [0.15, 0.2) is 30.5 Å². The standard InChI is InChI=1S/C24H29NO3/c26-22(24-11-16-8-17(12-24)10-18(9-16)13-24)15-28-23(27)7-3-4-19-14-25-21-6-2-1-5-20(19)21/h1-2,5-6,14,16-18,25H,3-4,7-13,15H2. The highest BCUT2D eigenvalue weighted by Crippen LogP contribution is 2.60. The number of rotatable bonds is 7. The van der Waals surface area contributed by atoms with Gasteiger partial charge in [0.1, 0.15) is 0 Å². The minimum absolute atomic E-state index is 0.0158. The molecule has 4 aliphatic rings. The van der Waals surface area contributed by atoms with E-state index in [1.54, 1.807) is 0 Å². The number of ether oxygens (including phenoxy) is 1. The largest absolute Gasteiger partial charge is 0.458 e. The van der Waals surface area contributed by atoms with E-state index in [9.17, 15) is 9.59 Å². The lowest BCUT2D eigenvalue weighted by Gasteiger charge is -2.55. The Morgan fingerprint density at radius 1 is 1.04 bits per heavy atom. The highest BCUT2D eigenvalue weighted by Gasteiger charge is 2.54. The number of hydrogen-bond acceptors (Lipinski definition) is 3. The fourth-order valence-corrected chi connectivity index (χ4v) is 6.59. The summed E-state index contributed by atoms with van der Waals surface area (Å²) < 4.78 is 5.40. The van der Waals surface area contributed by atoms with Crippen molar-refractivity contribution in [1.29, 1.82) is 0 Å². The van der Waals surface area contributed by atoms with Gasteiger partial charge in [0.2, 0.25) is 0 Å². The van der Waals surface area contributed by atoms with Gasteiger partial charge in [-0.1, -0.05) is 18.2 Å². The third-order valence-electron chi connectivity index (χ3n) is 7.50. The van der Waals surface area contributed by atoms with Gasteiger partial charge in [-0.05, 0) is 80.8 Å². The first-order valence-corrected chi connectivity index (χ1v) is 10.9. The third kappa shape index (κ3) is 3.27. The molecule has 0 radical (unpaired) electrons. The number of nitrogens with one attached hydrogen (secondary N) is 1. The van der Waals surface area contributed by atoms with E-state index in [-0.39, 0.29) is 23.8 Å². The topological polar surface area (TPSA) is 59.2 Å². The number of carbonyl (C=O) groups is 2. The van der Waals surface area contributed by atoms with E-state index in [1.807, 2.05) is 18.3 Å². The number of aromatic amines is 1. The molecule has 0 unspecified atom stereocenters. The van der Waals surface area contributed by atoms with Crippen molar-refractivity contribution in [3.05, 3.63) is 36.0 Å². The summed E-state index contributed by atoms with van der Waals surface area (Å²) >= 11 is 0. The number of aryl methyl sites for hydroxylation is 1. The summed E-state index contributed by atoms with van der Waals surface area (Å²) in [6.07, 6.45) is 11.0. The number of carbonyl (C=O) groups excluding carboxylic acids is 2. The predicted octanol–water partition coefficient (Wildman–Crippen LogP) is 4.82. The Morgan fingerprint density at radius 3 is 2.43 bits per heavy atom. The highest BCUT2D eigenvalue weighted by atomic mass is 16.5.